The highest BCUT2D eigenvalue weighted by molar-refractivity contribution is 7.11. The highest BCUT2D eigenvalue weighted by Crippen LogP contribution is 2.32. The minimum Gasteiger partial charge on any atom is -0.496 e. The summed E-state index contributed by atoms with van der Waals surface area (Å²) in [6, 6.07) is 2.01. The van der Waals surface area contributed by atoms with E-state index in [0.717, 1.165) is 46.1 Å². The molecule has 5 heteroatoms. The molecule has 0 fully saturated rings. The lowest BCUT2D eigenvalue weighted by Gasteiger charge is -2.23. The van der Waals surface area contributed by atoms with E-state index < -0.39 is 0 Å². The molecule has 0 aromatic carbocycles. The van der Waals surface area contributed by atoms with E-state index in [1.165, 1.54) is 0 Å². The molecule has 2 heterocycles. The molecule has 1 aliphatic rings. The molecule has 0 radical (unpaired) electrons. The number of methoxy groups -OCH3 is 1. The summed E-state index contributed by atoms with van der Waals surface area (Å²) in [7, 11) is 1.67. The Bertz CT molecular complexity index is 744. The lowest BCUT2D eigenvalue weighted by atomic mass is 9.90. The van der Waals surface area contributed by atoms with Gasteiger partial charge in [0.1, 0.15) is 11.4 Å². The Hall–Kier alpha value is -2.10. The highest BCUT2D eigenvalue weighted by Gasteiger charge is 2.20. The Morgan fingerprint density at radius 1 is 1.46 bits per heavy atom. The van der Waals surface area contributed by atoms with E-state index in [9.17, 15) is 0 Å². The van der Waals surface area contributed by atoms with Gasteiger partial charge in [-0.25, -0.2) is 4.99 Å². The van der Waals surface area contributed by atoms with E-state index in [-0.39, 0.29) is 0 Å². The first-order valence-corrected chi connectivity index (χ1v) is 9.09. The Kier molecular flexibility index (Phi) is 6.18. The van der Waals surface area contributed by atoms with Crippen LogP contribution in [0.15, 0.2) is 39.5 Å². The van der Waals surface area contributed by atoms with Crippen LogP contribution in [0.3, 0.4) is 0 Å². The maximum Gasteiger partial charge on any atom is 0.130 e. The third-order valence-corrected chi connectivity index (χ3v) is 5.02. The van der Waals surface area contributed by atoms with Crippen LogP contribution >= 0.6 is 11.3 Å². The molecule has 0 atom stereocenters. The molecule has 0 bridgehead atoms. The highest BCUT2D eigenvalue weighted by atomic mass is 32.1. The predicted octanol–water partition coefficient (Wildman–Crippen LogP) is 5.00. The summed E-state index contributed by atoms with van der Waals surface area (Å²) in [4.78, 5) is 5.55. The Morgan fingerprint density at radius 2 is 2.17 bits per heavy atom. The molecule has 0 aliphatic carbocycles. The molecule has 128 valence electrons. The molecule has 0 saturated heterocycles. The molecule has 4 nitrogen and oxygen atoms in total. The number of nitrogens with zero attached hydrogens (tertiary/aromatic N) is 1. The van der Waals surface area contributed by atoms with Gasteiger partial charge in [-0.15, -0.1) is 11.3 Å². The van der Waals surface area contributed by atoms with E-state index in [0.29, 0.717) is 11.6 Å². The van der Waals surface area contributed by atoms with Crippen molar-refractivity contribution in [3.05, 3.63) is 39.4 Å². The van der Waals surface area contributed by atoms with Crippen molar-refractivity contribution in [3.63, 3.8) is 0 Å². The SMILES string of the molecule is CCC(CC)/C(=C/C(C)=N)C1=C=NC(C)=C(c2cc(OC)cs2)N1. The van der Waals surface area contributed by atoms with Crippen LogP contribution in [0, 0.1) is 11.3 Å². The van der Waals surface area contributed by atoms with Gasteiger partial charge in [-0.2, -0.15) is 0 Å². The van der Waals surface area contributed by atoms with Gasteiger partial charge in [0.2, 0.25) is 0 Å². The molecular weight excluding hydrogens is 318 g/mol. The number of ether oxygens (including phenoxy) is 1. The second kappa shape index (κ2) is 8.13. The largest absolute Gasteiger partial charge is 0.496 e. The molecule has 2 rings (SSSR count). The summed E-state index contributed by atoms with van der Waals surface area (Å²) in [6.45, 7) is 8.12. The zero-order chi connectivity index (χ0) is 17.7. The number of hydrogen-bond donors (Lipinski definition) is 2. The van der Waals surface area contributed by atoms with E-state index in [4.69, 9.17) is 10.1 Å². The van der Waals surface area contributed by atoms with Crippen molar-refractivity contribution in [1.82, 2.24) is 5.32 Å². The Balaban J connectivity index is 2.39. The third kappa shape index (κ3) is 4.05. The minimum absolute atomic E-state index is 0.382. The van der Waals surface area contributed by atoms with Crippen molar-refractivity contribution in [2.45, 2.75) is 40.5 Å². The van der Waals surface area contributed by atoms with Gasteiger partial charge in [0.15, 0.2) is 0 Å². The quantitative estimate of drug-likeness (QED) is 0.684. The fourth-order valence-corrected chi connectivity index (χ4v) is 3.64. The summed E-state index contributed by atoms with van der Waals surface area (Å²) >= 11 is 1.62. The second-order valence-corrected chi connectivity index (χ2v) is 6.74. The number of allylic oxidation sites excluding steroid dienone is 3. The molecule has 2 N–H and O–H groups in total. The van der Waals surface area contributed by atoms with Crippen LogP contribution in [0.25, 0.3) is 5.70 Å². The van der Waals surface area contributed by atoms with Crippen LogP contribution in [0.2, 0.25) is 0 Å². The summed E-state index contributed by atoms with van der Waals surface area (Å²) in [6.07, 6.45) is 3.97. The lowest BCUT2D eigenvalue weighted by molar-refractivity contribution is 0.416. The maximum absolute atomic E-state index is 7.87. The average molecular weight is 343 g/mol. The van der Waals surface area contributed by atoms with Gasteiger partial charge in [-0.05, 0) is 44.3 Å². The zero-order valence-corrected chi connectivity index (χ0v) is 15.8. The van der Waals surface area contributed by atoms with E-state index in [1.807, 2.05) is 24.4 Å². The Morgan fingerprint density at radius 3 is 2.71 bits per heavy atom. The molecule has 1 aromatic rings. The number of rotatable bonds is 7. The van der Waals surface area contributed by atoms with Crippen molar-refractivity contribution < 1.29 is 4.74 Å². The molecule has 0 amide bonds. The fourth-order valence-electron chi connectivity index (χ4n) is 2.73. The number of hydrogen-bond acceptors (Lipinski definition) is 5. The van der Waals surface area contributed by atoms with Crippen molar-refractivity contribution in [1.29, 1.82) is 5.41 Å². The van der Waals surface area contributed by atoms with Crippen molar-refractivity contribution >= 4 is 28.6 Å². The maximum atomic E-state index is 7.87. The van der Waals surface area contributed by atoms with E-state index >= 15 is 0 Å². The van der Waals surface area contributed by atoms with Crippen LogP contribution in [0.5, 0.6) is 5.75 Å². The van der Waals surface area contributed by atoms with Crippen molar-refractivity contribution in [2.75, 3.05) is 7.11 Å². The van der Waals surface area contributed by atoms with Crippen LogP contribution in [-0.4, -0.2) is 18.7 Å². The van der Waals surface area contributed by atoms with Gasteiger partial charge >= 0.3 is 0 Å². The smallest absolute Gasteiger partial charge is 0.130 e. The monoisotopic (exact) mass is 343 g/mol. The molecule has 0 spiro atoms. The predicted molar refractivity (Wildman–Crippen MR) is 103 cm³/mol. The van der Waals surface area contributed by atoms with Crippen LogP contribution in [0.4, 0.5) is 0 Å². The number of nitrogens with one attached hydrogen (secondary N) is 2. The normalized spacial score (nSPS) is 14.8. The van der Waals surface area contributed by atoms with Gasteiger partial charge in [-0.1, -0.05) is 13.8 Å². The summed E-state index contributed by atoms with van der Waals surface area (Å²) in [5.74, 6) is 4.36. The molecule has 1 aliphatic heterocycles. The van der Waals surface area contributed by atoms with Gasteiger partial charge in [0, 0.05) is 23.0 Å². The standard InChI is InChI=1S/C19H25N3OS/c1-6-14(7-2)16(8-12(3)20)17-10-21-13(4)19(22-17)18-9-15(23-5)11-24-18/h8-9,11,14,20,22H,6-7H2,1-5H3/b16-8-,20-12?. The van der Waals surface area contributed by atoms with Gasteiger partial charge in [0.05, 0.1) is 23.4 Å². The molecule has 24 heavy (non-hydrogen) atoms. The molecule has 0 saturated carbocycles. The van der Waals surface area contributed by atoms with E-state index in [2.05, 4.69) is 30.0 Å². The minimum atomic E-state index is 0.382. The molecular formula is C19H25N3OS. The summed E-state index contributed by atoms with van der Waals surface area (Å²) in [5.41, 5.74) is 4.39. The van der Waals surface area contributed by atoms with Crippen LogP contribution in [-0.2, 0) is 0 Å². The third-order valence-electron chi connectivity index (χ3n) is 4.09. The van der Waals surface area contributed by atoms with Crippen LogP contribution < -0.4 is 10.1 Å². The zero-order valence-electron chi connectivity index (χ0n) is 15.0. The first kappa shape index (κ1) is 18.2. The topological polar surface area (TPSA) is 57.5 Å². The van der Waals surface area contributed by atoms with Gasteiger partial charge in [0.25, 0.3) is 0 Å². The second-order valence-electron chi connectivity index (χ2n) is 5.83. The average Bonchev–Trinajstić information content (AvgIpc) is 3.04. The number of aliphatic imine (C=N–C) groups is 1. The van der Waals surface area contributed by atoms with E-state index in [1.54, 1.807) is 25.4 Å². The van der Waals surface area contributed by atoms with Crippen LogP contribution in [0.1, 0.15) is 45.4 Å². The summed E-state index contributed by atoms with van der Waals surface area (Å²) < 4.78 is 5.29. The summed E-state index contributed by atoms with van der Waals surface area (Å²) in [5, 5.41) is 13.3. The first-order valence-electron chi connectivity index (χ1n) is 8.21. The fraction of sp³-hybridized carbons (Fsp3) is 0.421. The van der Waals surface area contributed by atoms with Crippen molar-refractivity contribution in [2.24, 2.45) is 10.9 Å². The Labute approximate surface area is 148 Å². The molecule has 0 unspecified atom stereocenters. The lowest BCUT2D eigenvalue weighted by Crippen LogP contribution is -2.21. The van der Waals surface area contributed by atoms with Gasteiger partial charge in [-0.3, -0.25) is 0 Å². The van der Waals surface area contributed by atoms with Gasteiger partial charge < -0.3 is 15.5 Å². The molecule has 1 aromatic heterocycles. The first-order chi connectivity index (χ1) is 11.5. The van der Waals surface area contributed by atoms with Crippen molar-refractivity contribution in [3.8, 4) is 5.75 Å². The number of thiophene rings is 1.